The van der Waals surface area contributed by atoms with Crippen molar-refractivity contribution in [1.29, 1.82) is 0 Å². The summed E-state index contributed by atoms with van der Waals surface area (Å²) in [5.41, 5.74) is 0. The number of hydrogen-bond donors (Lipinski definition) is 0. The molecule has 0 heterocycles. The first-order valence-corrected chi connectivity index (χ1v) is 0. The van der Waals surface area contributed by atoms with Crippen molar-refractivity contribution in [1.82, 2.24) is 0 Å². The van der Waals surface area contributed by atoms with Gasteiger partial charge in [-0.15, -0.1) is 0 Å². The molecule has 0 N–H and O–H groups in total. The van der Waals surface area contributed by atoms with Crippen LogP contribution in [0.1, 0.15) is 0 Å². The molecule has 0 radical (unpaired) electrons. The van der Waals surface area contributed by atoms with Gasteiger partial charge in [0.05, 0.1) is 0 Å². The molecule has 0 spiro atoms. The van der Waals surface area contributed by atoms with Gasteiger partial charge in [-0.1, -0.05) is 0 Å². The van der Waals surface area contributed by atoms with Crippen molar-refractivity contribution in [2.24, 2.45) is 0 Å². The van der Waals surface area contributed by atoms with Crippen molar-refractivity contribution in [3.8, 4) is 0 Å². The maximum absolute atomic E-state index is 0. The molecule has 0 rings (SSSR count). The average molecular weight is 1300 g/mol. The van der Waals surface area contributed by atoms with Crippen LogP contribution < -0.4 is 0 Å². The molecule has 0 aliphatic heterocycles. The Kier molecular flexibility index (Phi) is 0. The summed E-state index contributed by atoms with van der Waals surface area (Å²) in [7, 11) is 0. The molecular formula is No5. The molecule has 0 aromatic heterocycles. The van der Waals surface area contributed by atoms with E-state index in [-0.39, 0.29) is 0 Å². The molecule has 5 heteroatoms. The molecule has 0 saturated carbocycles. The van der Waals surface area contributed by atoms with Gasteiger partial charge in [0.15, 0.2) is 0 Å². The molecule has 0 nitrogen and oxygen atoms in total. The van der Waals surface area contributed by atoms with E-state index in [1.54, 1.807) is 0 Å². The van der Waals surface area contributed by atoms with Gasteiger partial charge in [-0.25, -0.2) is 0 Å². The Morgan fingerprint density at radius 2 is 0.200 bits per heavy atom. The summed E-state index contributed by atoms with van der Waals surface area (Å²) in [5.74, 6) is 0. The third-order valence-corrected chi connectivity index (χ3v) is 0. The van der Waals surface area contributed by atoms with E-state index in [1.807, 2.05) is 0 Å². The van der Waals surface area contributed by atoms with E-state index in [1.165, 1.54) is 0 Å². The Morgan fingerprint density at radius 1 is 0.200 bits per heavy atom. The van der Waals surface area contributed by atoms with Gasteiger partial charge in [-0.05, 0) is 0 Å². The van der Waals surface area contributed by atoms with Gasteiger partial charge in [-0.2, -0.15) is 0 Å². The van der Waals surface area contributed by atoms with Crippen molar-refractivity contribution in [2.45, 2.75) is 0 Å². The largest absolute Gasteiger partial charge is 0 e. The van der Waals surface area contributed by atoms with E-state index >= 15 is 0 Å². The van der Waals surface area contributed by atoms with E-state index in [0.29, 0.717) is 0 Å². The van der Waals surface area contributed by atoms with Crippen LogP contribution in [0.3, 0.4) is 0 Å². The van der Waals surface area contributed by atoms with Crippen LogP contribution in [0.25, 0.3) is 0 Å². The Morgan fingerprint density at radius 3 is 0.200 bits per heavy atom. The Balaban J connectivity index is 0. The van der Waals surface area contributed by atoms with Crippen LogP contribution in [0.4, 0.5) is 0 Å². The minimum Gasteiger partial charge on any atom is 0 e. The third-order valence-electron chi connectivity index (χ3n) is 0. The molecule has 0 aromatic rings. The fourth-order valence-corrected chi connectivity index (χ4v) is 0. The molecule has 0 unspecified atom stereocenters. The summed E-state index contributed by atoms with van der Waals surface area (Å²) >= 11 is 0. The van der Waals surface area contributed by atoms with Crippen LogP contribution in [-0.4, -0.2) is 0 Å². The maximum atomic E-state index is 0. The zero-order valence-corrected chi connectivity index (χ0v) is 12.5. The van der Waals surface area contributed by atoms with E-state index < -0.39 is 0 Å². The average Bonchev–Trinajstić information content (AvgIpc) is 0. The van der Waals surface area contributed by atoms with Crippen LogP contribution in [0.2, 0.25) is 0 Å². The number of hydrogen-bond acceptors (Lipinski definition) is 0. The smallest absolute Gasteiger partial charge is 0 e. The SMILES string of the molecule is [No].[No].[No].[No].[No]. The molecule has 0 atom stereocenters. The minimum atomic E-state index is 0. The van der Waals surface area contributed by atoms with Crippen LogP contribution >= 0.6 is 0 Å². The molecule has 0 amide bonds. The minimum absolute atomic E-state index is 0. The van der Waals surface area contributed by atoms with Gasteiger partial charge >= 0.3 is 0 Å². The predicted octanol–water partition coefficient (Wildman–Crippen LogP) is 0. The molecule has 0 aliphatic carbocycles. The van der Waals surface area contributed by atoms with Crippen LogP contribution in [0.5, 0.6) is 0 Å². The van der Waals surface area contributed by atoms with Crippen molar-refractivity contribution in [3.05, 3.63) is 0 Å². The van der Waals surface area contributed by atoms with E-state index in [4.69, 9.17) is 0 Å². The molecule has 0 fully saturated rings. The third kappa shape index (κ3) is -0.360. The van der Waals surface area contributed by atoms with Crippen molar-refractivity contribution in [2.75, 3.05) is 0 Å². The Hall–Kier alpha value is -5.00. The maximum Gasteiger partial charge on any atom is 0 e. The van der Waals surface area contributed by atoms with Gasteiger partial charge in [-0.3, -0.25) is 0 Å². The summed E-state index contributed by atoms with van der Waals surface area (Å²) < 4.78 is 0. The zero-order valence-electron chi connectivity index (χ0n) is 1.34. The fraction of sp³-hybridized carbons (Fsp3) is 0. The van der Waals surface area contributed by atoms with Crippen LogP contribution in [0, 0.1) is 0 Å². The van der Waals surface area contributed by atoms with Gasteiger partial charge in [0.25, 0.3) is 0 Å². The van der Waals surface area contributed by atoms with Gasteiger partial charge in [0.2, 0.25) is 0 Å². The first-order valence-electron chi connectivity index (χ1n) is 0. The standard InChI is InChI=1S/5No. The van der Waals surface area contributed by atoms with Crippen LogP contribution in [-0.2, 0) is 0 Å². The fourth-order valence-electron chi connectivity index (χ4n) is 0. The van der Waals surface area contributed by atoms with E-state index in [9.17, 15) is 0 Å². The summed E-state index contributed by atoms with van der Waals surface area (Å²) in [6.07, 6.45) is 0. The molecule has 0 bridgehead atoms. The van der Waals surface area contributed by atoms with E-state index in [2.05, 4.69) is 0 Å². The predicted molar refractivity (Wildman–Crippen MR) is 0 cm³/mol. The monoisotopic (exact) mass is 1300 g/mol. The second-order valence-electron chi connectivity index (χ2n) is 0. The molecular weight excluding hydrogens is 1300 g/mol. The van der Waals surface area contributed by atoms with Gasteiger partial charge in [0.1, 0.15) is 0 Å². The molecule has 0 saturated heterocycles. The van der Waals surface area contributed by atoms with Crippen molar-refractivity contribution >= 4 is 0 Å². The normalized spacial score (nSPS) is 0. The first-order chi connectivity index (χ1) is 0. The van der Waals surface area contributed by atoms with E-state index in [0.717, 1.165) is 0 Å². The van der Waals surface area contributed by atoms with Crippen molar-refractivity contribution in [3.63, 3.8) is 0 Å². The summed E-state index contributed by atoms with van der Waals surface area (Å²) in [4.78, 5) is 0. The van der Waals surface area contributed by atoms with Gasteiger partial charge < -0.3 is 0 Å². The second-order valence-corrected chi connectivity index (χ2v) is 0. The Labute approximate surface area is 0 Å². The summed E-state index contributed by atoms with van der Waals surface area (Å²) in [5, 5.41) is 0. The molecule has 5 heavy (non-hydrogen) atoms. The summed E-state index contributed by atoms with van der Waals surface area (Å²) in [6, 6.07) is 0. The van der Waals surface area contributed by atoms with Gasteiger partial charge in [0, 0.05) is 0 Å². The molecule has 0 aliphatic rings. The molecule has 70 valence electrons. The topological polar surface area (TPSA) is 0 Å². The summed E-state index contributed by atoms with van der Waals surface area (Å²) in [6.45, 7) is 0. The quantitative estimate of drug-likeness (QED) is 0.321. The number of rotatable bonds is 0. The zero-order chi connectivity index (χ0) is 0. The second kappa shape index (κ2) is -0.160. The van der Waals surface area contributed by atoms with Crippen LogP contribution in [0.15, 0.2) is 0 Å². The molecule has 0 aromatic carbocycles. The first kappa shape index (κ1) is 0. The Bertz CT molecular complexity index is 0. The van der Waals surface area contributed by atoms with Crippen molar-refractivity contribution < 1.29 is 0 Å².